The lowest BCUT2D eigenvalue weighted by atomic mass is 9.99. The molecule has 0 bridgehead atoms. The number of nitrogens with zero attached hydrogens (tertiary/aromatic N) is 1. The van der Waals surface area contributed by atoms with Crippen molar-refractivity contribution in [3.8, 4) is 0 Å². The topological polar surface area (TPSA) is 66.5 Å². The first-order valence-electron chi connectivity index (χ1n) is 5.13. The van der Waals surface area contributed by atoms with Gasteiger partial charge in [0.05, 0.1) is 0 Å². The molecule has 2 atom stereocenters. The predicted octanol–water partition coefficient (Wildman–Crippen LogP) is 0.889. The van der Waals surface area contributed by atoms with Crippen LogP contribution in [0, 0.1) is 5.92 Å². The van der Waals surface area contributed by atoms with Gasteiger partial charge in [-0.15, -0.1) is 0 Å². The molecular formula is C10H16N2O3. The number of barbiturate groups is 1. The zero-order valence-corrected chi connectivity index (χ0v) is 9.24. The molecule has 1 rings (SSSR count). The van der Waals surface area contributed by atoms with Gasteiger partial charge in [0.1, 0.15) is 6.42 Å². The van der Waals surface area contributed by atoms with Crippen LogP contribution >= 0.6 is 0 Å². The molecule has 0 aromatic rings. The standard InChI is InChI=1S/C10H16N2O3/c1-4-6(2)7(3)12-9(14)5-8(13)11-10(12)15/h6-7H,4-5H2,1-3H3,(H,11,13,15). The first-order chi connectivity index (χ1) is 6.97. The molecule has 0 saturated carbocycles. The first kappa shape index (κ1) is 11.7. The van der Waals surface area contributed by atoms with Gasteiger partial charge < -0.3 is 0 Å². The molecule has 2 unspecified atom stereocenters. The van der Waals surface area contributed by atoms with E-state index in [0.29, 0.717) is 0 Å². The smallest absolute Gasteiger partial charge is 0.277 e. The minimum atomic E-state index is -0.593. The van der Waals surface area contributed by atoms with Crippen molar-refractivity contribution in [1.82, 2.24) is 10.2 Å². The van der Waals surface area contributed by atoms with Crippen LogP contribution in [-0.2, 0) is 9.59 Å². The van der Waals surface area contributed by atoms with Gasteiger partial charge in [-0.05, 0) is 12.8 Å². The van der Waals surface area contributed by atoms with E-state index in [4.69, 9.17) is 0 Å². The van der Waals surface area contributed by atoms with Crippen LogP contribution in [0.15, 0.2) is 0 Å². The van der Waals surface area contributed by atoms with Gasteiger partial charge in [0, 0.05) is 6.04 Å². The summed E-state index contributed by atoms with van der Waals surface area (Å²) in [6.07, 6.45) is 0.651. The monoisotopic (exact) mass is 212 g/mol. The molecule has 1 fully saturated rings. The molecular weight excluding hydrogens is 196 g/mol. The van der Waals surface area contributed by atoms with Crippen molar-refractivity contribution >= 4 is 17.8 Å². The maximum absolute atomic E-state index is 11.5. The fourth-order valence-corrected chi connectivity index (χ4v) is 1.57. The number of rotatable bonds is 3. The van der Waals surface area contributed by atoms with Crippen molar-refractivity contribution in [3.05, 3.63) is 0 Å². The first-order valence-corrected chi connectivity index (χ1v) is 5.13. The highest BCUT2D eigenvalue weighted by molar-refractivity contribution is 6.14. The summed E-state index contributed by atoms with van der Waals surface area (Å²) in [6.45, 7) is 5.79. The molecule has 84 valence electrons. The maximum atomic E-state index is 11.5. The molecule has 0 aromatic carbocycles. The number of amides is 4. The molecule has 0 radical (unpaired) electrons. The average molecular weight is 212 g/mol. The molecule has 1 saturated heterocycles. The van der Waals surface area contributed by atoms with E-state index in [2.05, 4.69) is 5.32 Å². The molecule has 0 aromatic heterocycles. The zero-order valence-electron chi connectivity index (χ0n) is 9.24. The molecule has 0 spiro atoms. The van der Waals surface area contributed by atoms with Gasteiger partial charge >= 0.3 is 6.03 Å². The van der Waals surface area contributed by atoms with E-state index in [1.165, 1.54) is 0 Å². The fraction of sp³-hybridized carbons (Fsp3) is 0.700. The van der Waals surface area contributed by atoms with Crippen LogP contribution in [0.5, 0.6) is 0 Å². The maximum Gasteiger partial charge on any atom is 0.331 e. The van der Waals surface area contributed by atoms with E-state index in [1.54, 1.807) is 0 Å². The summed E-state index contributed by atoms with van der Waals surface area (Å²) in [5.74, 6) is -0.693. The number of carbonyl (C=O) groups excluding carboxylic acids is 3. The second kappa shape index (κ2) is 4.42. The van der Waals surface area contributed by atoms with Crippen molar-refractivity contribution in [2.75, 3.05) is 0 Å². The van der Waals surface area contributed by atoms with Crippen LogP contribution in [0.4, 0.5) is 4.79 Å². The summed E-state index contributed by atoms with van der Waals surface area (Å²) in [5, 5.41) is 2.15. The summed E-state index contributed by atoms with van der Waals surface area (Å²) < 4.78 is 0. The SMILES string of the molecule is CCC(C)C(C)N1C(=O)CC(=O)NC1=O. The molecule has 1 aliphatic rings. The fourth-order valence-electron chi connectivity index (χ4n) is 1.57. The van der Waals surface area contributed by atoms with Crippen LogP contribution < -0.4 is 5.32 Å². The Bertz CT molecular complexity index is 281. The Morgan fingerprint density at radius 3 is 2.40 bits per heavy atom. The lowest BCUT2D eigenvalue weighted by molar-refractivity contribution is -0.138. The largest absolute Gasteiger partial charge is 0.331 e. The van der Waals surface area contributed by atoms with Crippen molar-refractivity contribution < 1.29 is 14.4 Å². The Hall–Kier alpha value is -1.39. The molecule has 1 heterocycles. The van der Waals surface area contributed by atoms with Gasteiger partial charge in [-0.1, -0.05) is 20.3 Å². The van der Waals surface area contributed by atoms with Gasteiger partial charge in [0.25, 0.3) is 0 Å². The van der Waals surface area contributed by atoms with Crippen molar-refractivity contribution in [2.45, 2.75) is 39.7 Å². The number of carbonyl (C=O) groups is 3. The summed E-state index contributed by atoms with van der Waals surface area (Å²) in [7, 11) is 0. The van der Waals surface area contributed by atoms with Gasteiger partial charge in [-0.25, -0.2) is 4.79 Å². The van der Waals surface area contributed by atoms with E-state index in [-0.39, 0.29) is 18.4 Å². The van der Waals surface area contributed by atoms with E-state index in [1.807, 2.05) is 20.8 Å². The Morgan fingerprint density at radius 2 is 1.93 bits per heavy atom. The van der Waals surface area contributed by atoms with Gasteiger partial charge in [-0.3, -0.25) is 19.8 Å². The predicted molar refractivity (Wildman–Crippen MR) is 53.9 cm³/mol. The number of imide groups is 2. The third kappa shape index (κ3) is 2.34. The lowest BCUT2D eigenvalue weighted by Gasteiger charge is -2.33. The Morgan fingerprint density at radius 1 is 1.33 bits per heavy atom. The van der Waals surface area contributed by atoms with Gasteiger partial charge in [0.15, 0.2) is 0 Å². The summed E-state index contributed by atoms with van der Waals surface area (Å²) in [6, 6.07) is -0.764. The quantitative estimate of drug-likeness (QED) is 0.706. The highest BCUT2D eigenvalue weighted by atomic mass is 16.2. The highest BCUT2D eigenvalue weighted by Gasteiger charge is 2.35. The third-order valence-electron chi connectivity index (χ3n) is 2.92. The van der Waals surface area contributed by atoms with Crippen LogP contribution in [-0.4, -0.2) is 28.8 Å². The van der Waals surface area contributed by atoms with E-state index < -0.39 is 17.8 Å². The van der Waals surface area contributed by atoms with Gasteiger partial charge in [0.2, 0.25) is 11.8 Å². The third-order valence-corrected chi connectivity index (χ3v) is 2.92. The van der Waals surface area contributed by atoms with Crippen molar-refractivity contribution in [1.29, 1.82) is 0 Å². The average Bonchev–Trinajstić information content (AvgIpc) is 2.14. The van der Waals surface area contributed by atoms with E-state index in [0.717, 1.165) is 11.3 Å². The van der Waals surface area contributed by atoms with Crippen LogP contribution in [0.3, 0.4) is 0 Å². The number of urea groups is 1. The highest BCUT2D eigenvalue weighted by Crippen LogP contribution is 2.17. The number of hydrogen-bond donors (Lipinski definition) is 1. The second-order valence-electron chi connectivity index (χ2n) is 3.92. The summed E-state index contributed by atoms with van der Waals surface area (Å²) in [5.41, 5.74) is 0. The summed E-state index contributed by atoms with van der Waals surface area (Å²) in [4.78, 5) is 35.0. The van der Waals surface area contributed by atoms with Crippen LogP contribution in [0.1, 0.15) is 33.6 Å². The molecule has 15 heavy (non-hydrogen) atoms. The second-order valence-corrected chi connectivity index (χ2v) is 3.92. The molecule has 4 amide bonds. The normalized spacial score (nSPS) is 21.3. The van der Waals surface area contributed by atoms with E-state index >= 15 is 0 Å². The minimum Gasteiger partial charge on any atom is -0.277 e. The molecule has 1 aliphatic heterocycles. The molecule has 1 N–H and O–H groups in total. The molecule has 5 heteroatoms. The zero-order chi connectivity index (χ0) is 11.6. The molecule has 0 aliphatic carbocycles. The van der Waals surface area contributed by atoms with Crippen LogP contribution in [0.2, 0.25) is 0 Å². The molecule has 5 nitrogen and oxygen atoms in total. The Labute approximate surface area is 88.8 Å². The van der Waals surface area contributed by atoms with Crippen molar-refractivity contribution in [3.63, 3.8) is 0 Å². The van der Waals surface area contributed by atoms with E-state index in [9.17, 15) is 14.4 Å². The minimum absolute atomic E-state index is 0.171. The summed E-state index contributed by atoms with van der Waals surface area (Å²) >= 11 is 0. The number of nitrogens with one attached hydrogen (secondary N) is 1. The van der Waals surface area contributed by atoms with Crippen LogP contribution in [0.25, 0.3) is 0 Å². The number of hydrogen-bond acceptors (Lipinski definition) is 3. The van der Waals surface area contributed by atoms with Gasteiger partial charge in [-0.2, -0.15) is 0 Å². The Balaban J connectivity index is 2.80. The van der Waals surface area contributed by atoms with Crippen molar-refractivity contribution in [2.24, 2.45) is 5.92 Å². The lowest BCUT2D eigenvalue weighted by Crippen LogP contribution is -2.57. The Kier molecular flexibility index (Phi) is 3.44.